The van der Waals surface area contributed by atoms with Crippen molar-refractivity contribution in [3.63, 3.8) is 0 Å². The van der Waals surface area contributed by atoms with Gasteiger partial charge in [0.25, 0.3) is 0 Å². The molecule has 294 valence electrons. The lowest BCUT2D eigenvalue weighted by Crippen LogP contribution is -2.47. The Hall–Kier alpha value is -2.94. The van der Waals surface area contributed by atoms with E-state index in [4.69, 9.17) is 14.9 Å². The minimum Gasteiger partial charge on any atom is -0.480 e. The highest BCUT2D eigenvalue weighted by molar-refractivity contribution is 5.87. The smallest absolute Gasteiger partial charge is 0.328 e. The van der Waals surface area contributed by atoms with Crippen LogP contribution in [0.5, 0.6) is 0 Å². The number of carboxylic acids is 1. The number of hydrogen-bond acceptors (Lipinski definition) is 6. The van der Waals surface area contributed by atoms with Crippen LogP contribution in [-0.2, 0) is 23.9 Å². The number of unbranched alkanes of at least 4 members (excludes halogenated alkanes) is 18. The van der Waals surface area contributed by atoms with Crippen molar-refractivity contribution in [2.75, 3.05) is 13.2 Å². The Bertz CT molecular complexity index is 963. The topological polar surface area (TPSA) is 142 Å². The van der Waals surface area contributed by atoms with Crippen molar-refractivity contribution >= 4 is 23.8 Å². The molecule has 0 aromatic carbocycles. The summed E-state index contributed by atoms with van der Waals surface area (Å²) in [6.45, 7) is 3.32. The van der Waals surface area contributed by atoms with Crippen LogP contribution < -0.4 is 10.6 Å². The van der Waals surface area contributed by atoms with Crippen molar-refractivity contribution in [1.82, 2.24) is 10.6 Å². The van der Waals surface area contributed by atoms with Crippen LogP contribution in [0.2, 0.25) is 0 Å². The molecule has 0 aromatic heterocycles. The molecule has 0 aliphatic carbocycles. The second kappa shape index (κ2) is 36.8. The summed E-state index contributed by atoms with van der Waals surface area (Å²) in [5, 5.41) is 22.4. The molecule has 0 heterocycles. The zero-order chi connectivity index (χ0) is 37.6. The van der Waals surface area contributed by atoms with Gasteiger partial charge in [0, 0.05) is 12.8 Å². The number of esters is 1. The van der Waals surface area contributed by atoms with E-state index in [-0.39, 0.29) is 30.9 Å². The highest BCUT2D eigenvalue weighted by Crippen LogP contribution is 2.15. The van der Waals surface area contributed by atoms with Gasteiger partial charge in [0.1, 0.15) is 12.1 Å². The van der Waals surface area contributed by atoms with Gasteiger partial charge >= 0.3 is 11.9 Å². The van der Waals surface area contributed by atoms with Crippen LogP contribution in [0.15, 0.2) is 36.5 Å². The third-order valence-corrected chi connectivity index (χ3v) is 8.82. The number of carboxylic acid groups (broad SMARTS) is 1. The summed E-state index contributed by atoms with van der Waals surface area (Å²) in [4.78, 5) is 47.1. The highest BCUT2D eigenvalue weighted by Gasteiger charge is 2.18. The van der Waals surface area contributed by atoms with Crippen LogP contribution in [0, 0.1) is 0 Å². The molecule has 0 rings (SSSR count). The van der Waals surface area contributed by atoms with Crippen LogP contribution in [0.25, 0.3) is 0 Å². The third kappa shape index (κ3) is 33.9. The minimum atomic E-state index is -1.39. The molecule has 9 nitrogen and oxygen atoms in total. The van der Waals surface area contributed by atoms with E-state index in [1.807, 2.05) is 6.08 Å². The second-order valence-corrected chi connectivity index (χ2v) is 13.7. The fraction of sp³-hybridized carbons (Fsp3) is 0.762. The monoisotopic (exact) mass is 719 g/mol. The van der Waals surface area contributed by atoms with Crippen LogP contribution in [-0.4, -0.2) is 59.3 Å². The maximum Gasteiger partial charge on any atom is 0.328 e. The Morgan fingerprint density at radius 3 is 1.73 bits per heavy atom. The molecule has 0 aliphatic heterocycles. The van der Waals surface area contributed by atoms with E-state index in [2.05, 4.69) is 54.9 Å². The molecule has 51 heavy (non-hydrogen) atoms. The molecule has 0 aromatic rings. The number of rotatable bonds is 36. The first-order chi connectivity index (χ1) is 24.8. The fourth-order valence-corrected chi connectivity index (χ4v) is 5.66. The van der Waals surface area contributed by atoms with Gasteiger partial charge in [0.15, 0.2) is 0 Å². The summed E-state index contributed by atoms with van der Waals surface area (Å²) in [7, 11) is 0. The van der Waals surface area contributed by atoms with Gasteiger partial charge in [0.05, 0.1) is 13.2 Å². The van der Waals surface area contributed by atoms with Crippen LogP contribution >= 0.6 is 0 Å². The Morgan fingerprint density at radius 1 is 0.608 bits per heavy atom. The van der Waals surface area contributed by atoms with Crippen molar-refractivity contribution < 1.29 is 34.1 Å². The Kier molecular flexibility index (Phi) is 34.7. The number of ether oxygens (including phenoxy) is 1. The van der Waals surface area contributed by atoms with Gasteiger partial charge in [-0.3, -0.25) is 14.4 Å². The summed E-state index contributed by atoms with van der Waals surface area (Å²) in [6.07, 6.45) is 41.0. The molecular formula is C42H74N2O7. The Balaban J connectivity index is 3.89. The summed E-state index contributed by atoms with van der Waals surface area (Å²) in [6, 6.07) is -1.39. The van der Waals surface area contributed by atoms with Crippen molar-refractivity contribution in [2.45, 2.75) is 193 Å². The van der Waals surface area contributed by atoms with Gasteiger partial charge in [-0.2, -0.15) is 0 Å². The normalized spacial score (nSPS) is 12.8. The molecule has 0 fully saturated rings. The van der Waals surface area contributed by atoms with Gasteiger partial charge in [-0.15, -0.1) is 0 Å². The maximum atomic E-state index is 12.5. The lowest BCUT2D eigenvalue weighted by Gasteiger charge is -2.15. The van der Waals surface area contributed by atoms with Gasteiger partial charge in [0.2, 0.25) is 11.8 Å². The van der Waals surface area contributed by atoms with E-state index in [0.717, 1.165) is 57.8 Å². The van der Waals surface area contributed by atoms with E-state index in [1.54, 1.807) is 0 Å². The van der Waals surface area contributed by atoms with Crippen molar-refractivity contribution in [2.24, 2.45) is 0 Å². The van der Waals surface area contributed by atoms with Gasteiger partial charge in [-0.25, -0.2) is 4.79 Å². The Labute approximate surface area is 310 Å². The molecule has 9 heteroatoms. The Morgan fingerprint density at radius 2 is 1.16 bits per heavy atom. The SMILES string of the molecule is CCC/C=C\C(CCCCCCC(=O)NCC(=O)NC(CO)C(=O)O)OC(=O)CCCCCCCCCCC/C=C\C/C=C\CCCCCCC. The molecule has 2 amide bonds. The number of carbonyl (C=O) groups is 4. The molecule has 0 bridgehead atoms. The van der Waals surface area contributed by atoms with Crippen molar-refractivity contribution in [1.29, 1.82) is 0 Å². The number of aliphatic hydroxyl groups excluding tert-OH is 1. The largest absolute Gasteiger partial charge is 0.480 e. The lowest BCUT2D eigenvalue weighted by atomic mass is 10.1. The first kappa shape index (κ1) is 48.1. The quantitative estimate of drug-likeness (QED) is 0.0287. The first-order valence-corrected chi connectivity index (χ1v) is 20.4. The molecule has 4 N–H and O–H groups in total. The van der Waals surface area contributed by atoms with Gasteiger partial charge in [-0.05, 0) is 70.3 Å². The number of aliphatic carboxylic acids is 1. The van der Waals surface area contributed by atoms with Crippen molar-refractivity contribution in [3.8, 4) is 0 Å². The standard InChI is InChI=1S/C42H74N2O7/c1-3-5-7-8-9-10-11-12-13-14-15-16-17-18-19-20-21-22-23-24-30-34-41(48)51-37(31-27-6-4-2)32-28-25-26-29-33-39(46)43-35-40(47)44-38(36-45)42(49)50/h11-12,14-15,27,31,37-38,45H,3-10,13,16-26,28-30,32-36H2,1-2H3,(H,43,46)(H,44,47)(H,49,50)/b12-11-,15-14-,31-27-. The molecule has 0 aliphatic rings. The first-order valence-electron chi connectivity index (χ1n) is 20.4. The zero-order valence-corrected chi connectivity index (χ0v) is 32.4. The van der Waals surface area contributed by atoms with Crippen LogP contribution in [0.4, 0.5) is 0 Å². The average molecular weight is 719 g/mol. The average Bonchev–Trinajstić information content (AvgIpc) is 3.11. The maximum absolute atomic E-state index is 12.5. The molecular weight excluding hydrogens is 644 g/mol. The van der Waals surface area contributed by atoms with E-state index >= 15 is 0 Å². The van der Waals surface area contributed by atoms with E-state index in [1.165, 1.54) is 89.9 Å². The summed E-state index contributed by atoms with van der Waals surface area (Å²) in [5.74, 6) is -2.42. The molecule has 0 radical (unpaired) electrons. The van der Waals surface area contributed by atoms with Crippen LogP contribution in [0.3, 0.4) is 0 Å². The molecule has 0 saturated heterocycles. The van der Waals surface area contributed by atoms with Gasteiger partial charge in [-0.1, -0.05) is 134 Å². The number of allylic oxidation sites excluding steroid dienone is 5. The molecule has 0 saturated carbocycles. The predicted octanol–water partition coefficient (Wildman–Crippen LogP) is 9.43. The van der Waals surface area contributed by atoms with E-state index < -0.39 is 24.5 Å². The molecule has 0 spiro atoms. The van der Waals surface area contributed by atoms with E-state index in [9.17, 15) is 19.2 Å². The summed E-state index contributed by atoms with van der Waals surface area (Å²) in [5.41, 5.74) is 0. The number of amides is 2. The third-order valence-electron chi connectivity index (χ3n) is 8.82. The molecule has 2 atom stereocenters. The fourth-order valence-electron chi connectivity index (χ4n) is 5.66. The lowest BCUT2D eigenvalue weighted by molar-refractivity contribution is -0.147. The molecule has 2 unspecified atom stereocenters. The highest BCUT2D eigenvalue weighted by atomic mass is 16.5. The summed E-state index contributed by atoms with van der Waals surface area (Å²) >= 11 is 0. The minimum absolute atomic E-state index is 0.126. The van der Waals surface area contributed by atoms with Gasteiger partial charge < -0.3 is 25.6 Å². The second-order valence-electron chi connectivity index (χ2n) is 13.7. The number of carbonyl (C=O) groups excluding carboxylic acids is 3. The van der Waals surface area contributed by atoms with Crippen molar-refractivity contribution in [3.05, 3.63) is 36.5 Å². The van der Waals surface area contributed by atoms with E-state index in [0.29, 0.717) is 12.8 Å². The predicted molar refractivity (Wildman–Crippen MR) is 208 cm³/mol. The summed E-state index contributed by atoms with van der Waals surface area (Å²) < 4.78 is 5.80. The number of nitrogens with one attached hydrogen (secondary N) is 2. The zero-order valence-electron chi connectivity index (χ0n) is 32.4. The van der Waals surface area contributed by atoms with Crippen LogP contribution in [0.1, 0.15) is 181 Å². The number of hydrogen-bond donors (Lipinski definition) is 4. The number of aliphatic hydroxyl groups is 1.